The van der Waals surface area contributed by atoms with Gasteiger partial charge in [-0.05, 0) is 70.3 Å². The number of amides is 1. The number of phosphoric acid groups is 1. The van der Waals surface area contributed by atoms with E-state index in [0.717, 1.165) is 83.5 Å². The van der Waals surface area contributed by atoms with Crippen LogP contribution in [-0.2, 0) is 27.9 Å². The highest BCUT2D eigenvalue weighted by Gasteiger charge is 2.27. The number of ether oxygens (including phenoxy) is 1. The van der Waals surface area contributed by atoms with Crippen molar-refractivity contribution in [2.24, 2.45) is 0 Å². The number of unbranched alkanes of at least 4 members (excludes halogenated alkanes) is 39. The lowest BCUT2D eigenvalue weighted by molar-refractivity contribution is -0.870. The molecule has 0 aliphatic rings. The summed E-state index contributed by atoms with van der Waals surface area (Å²) in [5.41, 5.74) is 0. The zero-order valence-electron chi connectivity index (χ0n) is 52.4. The molecule has 0 saturated carbocycles. The summed E-state index contributed by atoms with van der Waals surface area (Å²) in [4.78, 5) is 40.1. The maximum Gasteiger partial charge on any atom is 0.306 e. The van der Waals surface area contributed by atoms with Crippen LogP contribution in [-0.4, -0.2) is 69.4 Å². The minimum absolute atomic E-state index is 0.0232. The number of hydrogen-bond acceptors (Lipinski definition) is 7. The maximum atomic E-state index is 13.6. The van der Waals surface area contributed by atoms with Crippen LogP contribution >= 0.6 is 7.82 Å². The second kappa shape index (κ2) is 58.2. The van der Waals surface area contributed by atoms with Gasteiger partial charge in [0.15, 0.2) is 0 Å². The highest BCUT2D eigenvalue weighted by atomic mass is 31.2. The van der Waals surface area contributed by atoms with Gasteiger partial charge in [0.05, 0.1) is 33.8 Å². The minimum atomic E-state index is -4.70. The van der Waals surface area contributed by atoms with Gasteiger partial charge in [-0.2, -0.15) is 0 Å². The van der Waals surface area contributed by atoms with E-state index >= 15 is 0 Å². The van der Waals surface area contributed by atoms with Crippen LogP contribution in [0, 0.1) is 0 Å². The quantitative estimate of drug-likeness (QED) is 0.0212. The Morgan fingerprint density at radius 1 is 0.449 bits per heavy atom. The van der Waals surface area contributed by atoms with Crippen LogP contribution in [0.4, 0.5) is 0 Å². The molecule has 0 radical (unpaired) electrons. The van der Waals surface area contributed by atoms with Crippen LogP contribution in [0.3, 0.4) is 0 Å². The first-order chi connectivity index (χ1) is 37.9. The number of rotatable bonds is 61. The molecule has 0 aliphatic carbocycles. The highest BCUT2D eigenvalue weighted by Crippen LogP contribution is 2.38. The molecule has 0 aromatic carbocycles. The number of carbonyl (C=O) groups is 2. The average molecular weight is 1120 g/mol. The fraction of sp³-hybridized carbons (Fsp3) is 0.853. The molecule has 9 nitrogen and oxygen atoms in total. The molecule has 0 heterocycles. The van der Waals surface area contributed by atoms with Gasteiger partial charge in [-0.3, -0.25) is 14.2 Å². The number of quaternary nitrogens is 1. The van der Waals surface area contributed by atoms with Crippen LogP contribution in [0.25, 0.3) is 0 Å². The number of carbonyl (C=O) groups excluding carboxylic acids is 2. The Balaban J connectivity index is 5.16. The first-order valence-corrected chi connectivity index (χ1v) is 34.9. The zero-order valence-corrected chi connectivity index (χ0v) is 53.3. The van der Waals surface area contributed by atoms with Gasteiger partial charge in [-0.25, -0.2) is 0 Å². The fourth-order valence-electron chi connectivity index (χ4n) is 9.83. The Hall–Kier alpha value is -2.03. The number of nitrogens with one attached hydrogen (secondary N) is 1. The molecule has 0 fully saturated rings. The Morgan fingerprint density at radius 2 is 0.782 bits per heavy atom. The van der Waals surface area contributed by atoms with Crippen LogP contribution in [0.5, 0.6) is 0 Å². The lowest BCUT2D eigenvalue weighted by Crippen LogP contribution is -2.47. The molecule has 0 aromatic heterocycles. The van der Waals surface area contributed by atoms with Crippen molar-refractivity contribution in [3.63, 3.8) is 0 Å². The van der Waals surface area contributed by atoms with Gasteiger partial charge in [-0.15, -0.1) is 0 Å². The summed E-state index contributed by atoms with van der Waals surface area (Å²) in [6.45, 7) is 6.85. The van der Waals surface area contributed by atoms with Crippen molar-refractivity contribution in [1.29, 1.82) is 0 Å². The standard InChI is InChI=1S/C68H129N2O7P/c1-7-10-13-16-19-22-25-28-30-32-34-35-37-38-40-42-45-48-51-54-57-60-67(71)69-65(64-76-78(73,74)75-63-62-70(4,5)6)66(59-56-53-50-47-44-27-24-21-18-15-12-9-3)77-68(72)61-58-55-52-49-46-43-41-39-36-33-31-29-26-23-20-17-14-11-8-2/h20,23,29,31,36,39,56,59,65-66H,7-19,21-22,24-28,30,32-35,37-38,40-55,57-58,60-64H2,1-6H3,(H-,69,71,73,74)/b23-20-,31-29-,39-36-,59-56+. The predicted octanol–water partition coefficient (Wildman–Crippen LogP) is 20.2. The Morgan fingerprint density at radius 3 is 1.19 bits per heavy atom. The summed E-state index contributed by atoms with van der Waals surface area (Å²) in [7, 11) is 1.19. The van der Waals surface area contributed by atoms with Crippen LogP contribution in [0.2, 0.25) is 0 Å². The van der Waals surface area contributed by atoms with Crippen molar-refractivity contribution in [3.05, 3.63) is 48.6 Å². The average Bonchev–Trinajstić information content (AvgIpc) is 3.40. The number of nitrogens with zero attached hydrogens (tertiary/aromatic N) is 1. The third-order valence-corrected chi connectivity index (χ3v) is 16.0. The van der Waals surface area contributed by atoms with Crippen LogP contribution in [0.15, 0.2) is 48.6 Å². The molecule has 0 bridgehead atoms. The Kier molecular flexibility index (Phi) is 56.7. The largest absolute Gasteiger partial charge is 0.756 e. The van der Waals surface area contributed by atoms with E-state index in [1.54, 1.807) is 0 Å². The highest BCUT2D eigenvalue weighted by molar-refractivity contribution is 7.45. The zero-order chi connectivity index (χ0) is 57.2. The third kappa shape index (κ3) is 58.6. The van der Waals surface area contributed by atoms with Gasteiger partial charge in [0.25, 0.3) is 7.82 Å². The second-order valence-electron chi connectivity index (χ2n) is 24.0. The number of hydrogen-bond donors (Lipinski definition) is 1. The molecule has 0 rings (SSSR count). The van der Waals surface area contributed by atoms with E-state index in [4.69, 9.17) is 13.8 Å². The van der Waals surface area contributed by atoms with Gasteiger partial charge >= 0.3 is 5.97 Å². The van der Waals surface area contributed by atoms with E-state index in [2.05, 4.69) is 62.5 Å². The molecule has 3 atom stereocenters. The summed E-state index contributed by atoms with van der Waals surface area (Å²) in [5, 5.41) is 3.04. The summed E-state index contributed by atoms with van der Waals surface area (Å²) >= 11 is 0. The monoisotopic (exact) mass is 1120 g/mol. The minimum Gasteiger partial charge on any atom is -0.756 e. The molecule has 1 amide bonds. The maximum absolute atomic E-state index is 13.6. The van der Waals surface area contributed by atoms with Gasteiger partial charge in [0, 0.05) is 12.8 Å². The molecule has 0 aliphatic heterocycles. The second-order valence-corrected chi connectivity index (χ2v) is 25.4. The van der Waals surface area contributed by atoms with Crippen molar-refractivity contribution in [2.45, 2.75) is 335 Å². The summed E-state index contributed by atoms with van der Waals surface area (Å²) in [5.74, 6) is -0.542. The van der Waals surface area contributed by atoms with Crippen LogP contribution < -0.4 is 10.2 Å². The molecule has 1 N–H and O–H groups in total. The van der Waals surface area contributed by atoms with E-state index in [-0.39, 0.29) is 31.5 Å². The molecule has 78 heavy (non-hydrogen) atoms. The molecule has 10 heteroatoms. The Labute approximate surface area is 484 Å². The lowest BCUT2D eigenvalue weighted by Gasteiger charge is -2.30. The fourth-order valence-corrected chi connectivity index (χ4v) is 10.5. The topological polar surface area (TPSA) is 114 Å². The number of esters is 1. The van der Waals surface area contributed by atoms with Crippen molar-refractivity contribution >= 4 is 19.7 Å². The normalized spacial score (nSPS) is 13.9. The van der Waals surface area contributed by atoms with Gasteiger partial charge < -0.3 is 28.5 Å². The number of likely N-dealkylation sites (N-methyl/N-ethyl adjacent to an activating group) is 1. The van der Waals surface area contributed by atoms with E-state index in [1.165, 1.54) is 205 Å². The molecular weight excluding hydrogens is 988 g/mol. The van der Waals surface area contributed by atoms with Crippen molar-refractivity contribution in [2.75, 3.05) is 40.9 Å². The third-order valence-electron chi connectivity index (χ3n) is 15.0. The summed E-state index contributed by atoms with van der Waals surface area (Å²) in [6, 6.07) is -0.892. The lowest BCUT2D eigenvalue weighted by atomic mass is 10.0. The molecular formula is C68H129N2O7P. The van der Waals surface area contributed by atoms with E-state index in [1.807, 2.05) is 33.3 Å². The SMILES string of the molecule is CCCCC/C=C\C/C=C\C/C=C\CCCCCCCCC(=O)OC(/C=C/CCCCCCCCCCCC)C(COP(=O)([O-])OCC[N+](C)(C)C)NC(=O)CCCCCCCCCCCCCCCCCCCCCCC. The number of allylic oxidation sites excluding steroid dienone is 7. The van der Waals surface area contributed by atoms with Crippen molar-refractivity contribution < 1.29 is 37.3 Å². The van der Waals surface area contributed by atoms with Crippen molar-refractivity contribution in [3.8, 4) is 0 Å². The van der Waals surface area contributed by atoms with Gasteiger partial charge in [0.2, 0.25) is 5.91 Å². The summed E-state index contributed by atoms with van der Waals surface area (Å²) in [6.07, 6.45) is 72.2. The molecule has 0 aromatic rings. The van der Waals surface area contributed by atoms with Crippen LogP contribution in [0.1, 0.15) is 323 Å². The number of phosphoric ester groups is 1. The van der Waals surface area contributed by atoms with E-state index in [9.17, 15) is 19.0 Å². The predicted molar refractivity (Wildman–Crippen MR) is 335 cm³/mol. The van der Waals surface area contributed by atoms with Gasteiger partial charge in [-0.1, -0.05) is 288 Å². The van der Waals surface area contributed by atoms with E-state index in [0.29, 0.717) is 17.4 Å². The summed E-state index contributed by atoms with van der Waals surface area (Å²) < 4.78 is 30.4. The molecule has 458 valence electrons. The van der Waals surface area contributed by atoms with Gasteiger partial charge in [0.1, 0.15) is 19.3 Å². The molecule has 0 spiro atoms. The molecule has 3 unspecified atom stereocenters. The first kappa shape index (κ1) is 76.0. The van der Waals surface area contributed by atoms with E-state index < -0.39 is 20.0 Å². The van der Waals surface area contributed by atoms with Crippen molar-refractivity contribution in [1.82, 2.24) is 5.32 Å². The molecule has 0 saturated heterocycles. The Bertz CT molecular complexity index is 1470. The smallest absolute Gasteiger partial charge is 0.306 e. The first-order valence-electron chi connectivity index (χ1n) is 33.4.